The van der Waals surface area contributed by atoms with Crippen LogP contribution in [0.3, 0.4) is 0 Å². The highest BCUT2D eigenvalue weighted by Gasteiger charge is 2.52. The number of hydrogen-bond donors (Lipinski definition) is 4. The van der Waals surface area contributed by atoms with Crippen molar-refractivity contribution in [1.29, 1.82) is 0 Å². The molecule has 36 heavy (non-hydrogen) atoms. The second kappa shape index (κ2) is 10.0. The van der Waals surface area contributed by atoms with E-state index in [2.05, 4.69) is 36.6 Å². The number of amides is 2. The van der Waals surface area contributed by atoms with E-state index < -0.39 is 23.8 Å². The van der Waals surface area contributed by atoms with E-state index in [0.29, 0.717) is 29.6 Å². The first-order valence-corrected chi connectivity index (χ1v) is 13.6. The van der Waals surface area contributed by atoms with Gasteiger partial charge in [-0.25, -0.2) is 0 Å². The Morgan fingerprint density at radius 2 is 1.75 bits per heavy atom. The van der Waals surface area contributed by atoms with Crippen molar-refractivity contribution in [1.82, 2.24) is 10.6 Å². The van der Waals surface area contributed by atoms with Gasteiger partial charge in [-0.05, 0) is 85.2 Å². The number of hydrogen-bond acceptors (Lipinski definition) is 5. The molecule has 2 bridgehead atoms. The number of carbonyl (C=O) groups is 3. The van der Waals surface area contributed by atoms with Gasteiger partial charge in [-0.15, -0.1) is 0 Å². The fourth-order valence-electron chi connectivity index (χ4n) is 7.94. The van der Waals surface area contributed by atoms with E-state index in [1.807, 2.05) is 12.2 Å². The molecule has 194 valence electrons. The Balaban J connectivity index is 1.47. The number of aliphatic hydroxyl groups excluding tert-OH is 2. The smallest absolute Gasteiger partial charge is 0.259 e. The van der Waals surface area contributed by atoms with E-state index in [0.717, 1.165) is 18.8 Å². The van der Waals surface area contributed by atoms with Crippen molar-refractivity contribution < 1.29 is 24.6 Å². The van der Waals surface area contributed by atoms with Crippen molar-refractivity contribution in [2.24, 2.45) is 47.3 Å². The van der Waals surface area contributed by atoms with Gasteiger partial charge in [0.25, 0.3) is 5.91 Å². The Labute approximate surface area is 212 Å². The summed E-state index contributed by atoms with van der Waals surface area (Å²) in [5, 5.41) is 26.4. The van der Waals surface area contributed by atoms with Crippen LogP contribution < -0.4 is 10.6 Å². The van der Waals surface area contributed by atoms with Crippen molar-refractivity contribution in [2.45, 2.75) is 58.1 Å². The Morgan fingerprint density at radius 1 is 1.00 bits per heavy atom. The van der Waals surface area contributed by atoms with Crippen LogP contribution in [-0.4, -0.2) is 46.5 Å². The normalized spacial score (nSPS) is 46.5. The molecular weight excluding hydrogens is 456 g/mol. The molecule has 4 N–H and O–H groups in total. The zero-order valence-electron chi connectivity index (χ0n) is 21.1. The minimum absolute atomic E-state index is 0.110. The lowest BCUT2D eigenvalue weighted by molar-refractivity contribution is -0.118. The molecule has 1 saturated heterocycles. The highest BCUT2D eigenvalue weighted by Crippen LogP contribution is 2.59. The monoisotopic (exact) mass is 494 g/mol. The molecule has 2 saturated carbocycles. The van der Waals surface area contributed by atoms with Crippen LogP contribution in [0.5, 0.6) is 0 Å². The maximum atomic E-state index is 12.8. The number of carbonyl (C=O) groups excluding carboxylic acids is 3. The zero-order chi connectivity index (χ0) is 25.6. The molecule has 0 radical (unpaired) electrons. The van der Waals surface area contributed by atoms with Crippen LogP contribution in [0.25, 0.3) is 0 Å². The van der Waals surface area contributed by atoms with Gasteiger partial charge in [0.05, 0.1) is 6.10 Å². The SMILES string of the molecule is CCC1C(C)CC2C1C=CC1C3C/C=C\C(=O)NCCC(O)C4NC(=O)/C(=C(O)/C=C/C3CC12)C4=O. The Hall–Kier alpha value is -2.67. The first-order chi connectivity index (χ1) is 17.3. The standard InChI is InChI=1S/C29H38N2O5/c1-3-17-15(2)13-21-19(17)8-9-20-18-5-4-6-25(34)30-12-11-24(33)27-28(35)26(29(36)31-27)23(32)10-7-16(18)14-22(20)21/h4,6-10,15-22,24,27,32-33H,3,5,11-14H2,1-2H3,(H,30,34)(H,31,36)/b6-4-,10-7+,26-23-. The molecule has 0 spiro atoms. The second-order valence-corrected chi connectivity index (χ2v) is 11.4. The molecule has 10 atom stereocenters. The van der Waals surface area contributed by atoms with Crippen LogP contribution in [-0.2, 0) is 14.4 Å². The van der Waals surface area contributed by atoms with Gasteiger partial charge in [0.2, 0.25) is 5.91 Å². The predicted molar refractivity (Wildman–Crippen MR) is 135 cm³/mol. The first kappa shape index (κ1) is 25.0. The molecule has 5 aliphatic rings. The summed E-state index contributed by atoms with van der Waals surface area (Å²) in [6.07, 6.45) is 14.9. The Morgan fingerprint density at radius 3 is 2.53 bits per heavy atom. The van der Waals surface area contributed by atoms with Crippen LogP contribution in [0.15, 0.2) is 47.8 Å². The number of fused-ring (bicyclic) bond motifs is 7. The van der Waals surface area contributed by atoms with Crippen molar-refractivity contribution in [2.75, 3.05) is 6.54 Å². The molecule has 2 amide bonds. The predicted octanol–water partition coefficient (Wildman–Crippen LogP) is 2.99. The van der Waals surface area contributed by atoms with Gasteiger partial charge < -0.3 is 20.8 Å². The molecule has 7 nitrogen and oxygen atoms in total. The van der Waals surface area contributed by atoms with Crippen molar-refractivity contribution >= 4 is 17.6 Å². The molecule has 0 aromatic rings. The Bertz CT molecular complexity index is 1040. The molecule has 0 aromatic carbocycles. The van der Waals surface area contributed by atoms with Gasteiger partial charge in [0.15, 0.2) is 5.78 Å². The number of Topliss-reactive ketones (excluding diaryl/α,β-unsaturated/α-hetero) is 1. The van der Waals surface area contributed by atoms with Gasteiger partial charge in [0, 0.05) is 6.54 Å². The summed E-state index contributed by atoms with van der Waals surface area (Å²) in [6.45, 7) is 4.85. The summed E-state index contributed by atoms with van der Waals surface area (Å²) >= 11 is 0. The minimum atomic E-state index is -1.16. The second-order valence-electron chi connectivity index (χ2n) is 11.4. The lowest BCUT2D eigenvalue weighted by atomic mass is 9.69. The highest BCUT2D eigenvalue weighted by molar-refractivity contribution is 6.27. The number of rotatable bonds is 1. The third-order valence-corrected chi connectivity index (χ3v) is 9.63. The zero-order valence-corrected chi connectivity index (χ0v) is 21.1. The van der Waals surface area contributed by atoms with Gasteiger partial charge in [0.1, 0.15) is 17.4 Å². The maximum Gasteiger partial charge on any atom is 0.259 e. The number of ketones is 1. The Kier molecular flexibility index (Phi) is 6.95. The third-order valence-electron chi connectivity index (χ3n) is 9.63. The summed E-state index contributed by atoms with van der Waals surface area (Å²) in [7, 11) is 0. The number of allylic oxidation sites excluding steroid dienone is 5. The van der Waals surface area contributed by atoms with Crippen LogP contribution in [0.1, 0.15) is 46.0 Å². The molecule has 7 heteroatoms. The fraction of sp³-hybridized carbons (Fsp3) is 0.621. The third kappa shape index (κ3) is 4.36. The lowest BCUT2D eigenvalue weighted by Gasteiger charge is -2.35. The van der Waals surface area contributed by atoms with Crippen molar-refractivity contribution in [3.8, 4) is 0 Å². The molecule has 3 fully saturated rings. The number of aliphatic hydroxyl groups is 2. The molecular formula is C29H38N2O5. The maximum absolute atomic E-state index is 12.8. The van der Waals surface area contributed by atoms with Crippen molar-refractivity contribution in [3.05, 3.63) is 47.8 Å². The van der Waals surface area contributed by atoms with E-state index in [1.54, 1.807) is 6.08 Å². The quantitative estimate of drug-likeness (QED) is 0.330. The average molecular weight is 495 g/mol. The van der Waals surface area contributed by atoms with Crippen molar-refractivity contribution in [3.63, 3.8) is 0 Å². The van der Waals surface area contributed by atoms with Crippen LogP contribution in [0.4, 0.5) is 0 Å². The number of nitrogens with one attached hydrogen (secondary N) is 2. The van der Waals surface area contributed by atoms with Gasteiger partial charge >= 0.3 is 0 Å². The molecule has 3 aliphatic carbocycles. The van der Waals surface area contributed by atoms with E-state index in [9.17, 15) is 24.6 Å². The summed E-state index contributed by atoms with van der Waals surface area (Å²) in [4.78, 5) is 37.7. The molecule has 2 aliphatic heterocycles. The van der Waals surface area contributed by atoms with Crippen LogP contribution >= 0.6 is 0 Å². The highest BCUT2D eigenvalue weighted by atomic mass is 16.3. The fourth-order valence-corrected chi connectivity index (χ4v) is 7.94. The summed E-state index contributed by atoms with van der Waals surface area (Å²) < 4.78 is 0. The van der Waals surface area contributed by atoms with E-state index >= 15 is 0 Å². The van der Waals surface area contributed by atoms with E-state index in [1.165, 1.54) is 18.9 Å². The molecule has 10 unspecified atom stereocenters. The van der Waals surface area contributed by atoms with E-state index in [4.69, 9.17) is 0 Å². The summed E-state index contributed by atoms with van der Waals surface area (Å²) in [5.41, 5.74) is -0.298. The van der Waals surface area contributed by atoms with Gasteiger partial charge in [-0.1, -0.05) is 44.6 Å². The first-order valence-electron chi connectivity index (χ1n) is 13.6. The average Bonchev–Trinajstić information content (AvgIpc) is 3.46. The topological polar surface area (TPSA) is 116 Å². The summed E-state index contributed by atoms with van der Waals surface area (Å²) in [5.74, 6) is 2.24. The van der Waals surface area contributed by atoms with Crippen LogP contribution in [0.2, 0.25) is 0 Å². The largest absolute Gasteiger partial charge is 0.507 e. The minimum Gasteiger partial charge on any atom is -0.507 e. The lowest BCUT2D eigenvalue weighted by Crippen LogP contribution is -2.42. The van der Waals surface area contributed by atoms with E-state index in [-0.39, 0.29) is 42.0 Å². The van der Waals surface area contributed by atoms with Gasteiger partial charge in [-0.3, -0.25) is 14.4 Å². The molecule has 2 heterocycles. The summed E-state index contributed by atoms with van der Waals surface area (Å²) in [6, 6.07) is -1.12. The van der Waals surface area contributed by atoms with Crippen LogP contribution in [0, 0.1) is 47.3 Å². The van der Waals surface area contributed by atoms with Gasteiger partial charge in [-0.2, -0.15) is 0 Å². The molecule has 5 rings (SSSR count). The molecule has 0 aromatic heterocycles.